The van der Waals surface area contributed by atoms with Gasteiger partial charge >= 0.3 is 0 Å². The molecular formula is C16H16BrNO2. The Bertz CT molecular complexity index is 581. The molecule has 104 valence electrons. The van der Waals surface area contributed by atoms with Crippen molar-refractivity contribution in [1.29, 1.82) is 0 Å². The highest BCUT2D eigenvalue weighted by Gasteiger charge is 2.04. The van der Waals surface area contributed by atoms with Gasteiger partial charge in [0.25, 0.3) is 0 Å². The van der Waals surface area contributed by atoms with Crippen molar-refractivity contribution in [3.8, 4) is 5.75 Å². The van der Waals surface area contributed by atoms with E-state index in [1.54, 1.807) is 0 Å². The Morgan fingerprint density at radius 3 is 2.60 bits per heavy atom. The Morgan fingerprint density at radius 2 is 1.95 bits per heavy atom. The van der Waals surface area contributed by atoms with Gasteiger partial charge in [0, 0.05) is 10.2 Å². The van der Waals surface area contributed by atoms with E-state index in [-0.39, 0.29) is 5.91 Å². The fourth-order valence-electron chi connectivity index (χ4n) is 1.84. The van der Waals surface area contributed by atoms with Crippen LogP contribution in [0.25, 0.3) is 0 Å². The van der Waals surface area contributed by atoms with Crippen LogP contribution in [0.4, 0.5) is 5.69 Å². The summed E-state index contributed by atoms with van der Waals surface area (Å²) in [6.07, 6.45) is 0.354. The average Bonchev–Trinajstić information content (AvgIpc) is 2.41. The predicted octanol–water partition coefficient (Wildman–Crippen LogP) is 4.03. The number of halogens is 1. The number of carbonyl (C=O) groups is 1. The predicted molar refractivity (Wildman–Crippen MR) is 84.1 cm³/mol. The van der Waals surface area contributed by atoms with Gasteiger partial charge in [0.05, 0.1) is 13.0 Å². The lowest BCUT2D eigenvalue weighted by molar-refractivity contribution is -0.115. The number of benzene rings is 2. The maximum Gasteiger partial charge on any atom is 0.228 e. The monoisotopic (exact) mass is 333 g/mol. The summed E-state index contributed by atoms with van der Waals surface area (Å²) in [6.45, 7) is 2.57. The fraction of sp³-hybridized carbons (Fsp3) is 0.188. The van der Waals surface area contributed by atoms with Gasteiger partial charge in [-0.1, -0.05) is 28.1 Å². The first kappa shape index (κ1) is 14.6. The maximum atomic E-state index is 11.9. The van der Waals surface area contributed by atoms with Crippen molar-refractivity contribution in [1.82, 2.24) is 0 Å². The average molecular weight is 334 g/mol. The van der Waals surface area contributed by atoms with E-state index in [9.17, 15) is 4.79 Å². The van der Waals surface area contributed by atoms with Gasteiger partial charge in [0.2, 0.25) is 5.91 Å². The van der Waals surface area contributed by atoms with Gasteiger partial charge in [0.1, 0.15) is 5.75 Å². The third-order valence-corrected chi connectivity index (χ3v) is 3.20. The van der Waals surface area contributed by atoms with Crippen molar-refractivity contribution in [2.45, 2.75) is 13.3 Å². The smallest absolute Gasteiger partial charge is 0.228 e. The number of hydrogen-bond acceptors (Lipinski definition) is 2. The number of rotatable bonds is 5. The molecule has 1 amide bonds. The Hall–Kier alpha value is -1.81. The van der Waals surface area contributed by atoms with Crippen LogP contribution in [0.15, 0.2) is 53.0 Å². The van der Waals surface area contributed by atoms with Gasteiger partial charge in [-0.3, -0.25) is 4.79 Å². The number of anilines is 1. The lowest BCUT2D eigenvalue weighted by Crippen LogP contribution is -2.14. The van der Waals surface area contributed by atoms with Crippen LogP contribution in [0, 0.1) is 0 Å². The third-order valence-electron chi connectivity index (χ3n) is 2.70. The molecule has 0 radical (unpaired) electrons. The molecule has 1 N–H and O–H groups in total. The second-order valence-corrected chi connectivity index (χ2v) is 5.23. The molecule has 2 aromatic carbocycles. The molecule has 0 bridgehead atoms. The molecule has 0 spiro atoms. The van der Waals surface area contributed by atoms with Crippen LogP contribution in [0.1, 0.15) is 12.5 Å². The molecular weight excluding hydrogens is 318 g/mol. The lowest BCUT2D eigenvalue weighted by atomic mass is 10.1. The molecule has 20 heavy (non-hydrogen) atoms. The lowest BCUT2D eigenvalue weighted by Gasteiger charge is -2.07. The van der Waals surface area contributed by atoms with Crippen LogP contribution in [0.2, 0.25) is 0 Å². The van der Waals surface area contributed by atoms with Gasteiger partial charge in [0.15, 0.2) is 0 Å². The maximum absolute atomic E-state index is 11.9. The zero-order valence-corrected chi connectivity index (χ0v) is 12.8. The zero-order valence-electron chi connectivity index (χ0n) is 11.2. The highest BCUT2D eigenvalue weighted by atomic mass is 79.9. The van der Waals surface area contributed by atoms with E-state index in [2.05, 4.69) is 21.2 Å². The van der Waals surface area contributed by atoms with Gasteiger partial charge in [-0.2, -0.15) is 0 Å². The van der Waals surface area contributed by atoms with Crippen LogP contribution < -0.4 is 10.1 Å². The molecule has 3 nitrogen and oxygen atoms in total. The first-order chi connectivity index (χ1) is 9.67. The molecule has 0 atom stereocenters. The molecule has 0 fully saturated rings. The summed E-state index contributed by atoms with van der Waals surface area (Å²) in [5.74, 6) is 0.768. The SMILES string of the molecule is CCOc1ccc(NC(=O)Cc2cccc(Br)c2)cc1. The Kier molecular flexibility index (Phi) is 5.18. The molecule has 2 aromatic rings. The van der Waals surface area contributed by atoms with Crippen LogP contribution >= 0.6 is 15.9 Å². The van der Waals surface area contributed by atoms with E-state index in [0.717, 1.165) is 21.5 Å². The minimum absolute atomic E-state index is 0.0349. The van der Waals surface area contributed by atoms with Crippen molar-refractivity contribution >= 4 is 27.5 Å². The highest BCUT2D eigenvalue weighted by Crippen LogP contribution is 2.16. The van der Waals surface area contributed by atoms with Crippen molar-refractivity contribution in [3.05, 3.63) is 58.6 Å². The number of carbonyl (C=O) groups excluding carboxylic acids is 1. The minimum Gasteiger partial charge on any atom is -0.494 e. The topological polar surface area (TPSA) is 38.3 Å². The largest absolute Gasteiger partial charge is 0.494 e. The molecule has 0 saturated carbocycles. The van der Waals surface area contributed by atoms with E-state index in [4.69, 9.17) is 4.74 Å². The molecule has 2 rings (SSSR count). The first-order valence-corrected chi connectivity index (χ1v) is 7.24. The van der Waals surface area contributed by atoms with Crippen LogP contribution in [-0.2, 0) is 11.2 Å². The summed E-state index contributed by atoms with van der Waals surface area (Å²) in [4.78, 5) is 11.9. The summed E-state index contributed by atoms with van der Waals surface area (Å²) >= 11 is 3.40. The van der Waals surface area contributed by atoms with Crippen LogP contribution in [0.5, 0.6) is 5.75 Å². The van der Waals surface area contributed by atoms with Crippen molar-refractivity contribution in [2.24, 2.45) is 0 Å². The second-order valence-electron chi connectivity index (χ2n) is 4.31. The summed E-state index contributed by atoms with van der Waals surface area (Å²) < 4.78 is 6.33. The minimum atomic E-state index is -0.0349. The van der Waals surface area contributed by atoms with Crippen LogP contribution in [0.3, 0.4) is 0 Å². The van der Waals surface area contributed by atoms with E-state index >= 15 is 0 Å². The van der Waals surface area contributed by atoms with Crippen molar-refractivity contribution < 1.29 is 9.53 Å². The third kappa shape index (κ3) is 4.38. The summed E-state index contributed by atoms with van der Waals surface area (Å²) in [5, 5.41) is 2.87. The number of nitrogens with one attached hydrogen (secondary N) is 1. The number of amides is 1. The van der Waals surface area contributed by atoms with Crippen molar-refractivity contribution in [3.63, 3.8) is 0 Å². The Balaban J connectivity index is 1.94. The Morgan fingerprint density at radius 1 is 1.20 bits per heavy atom. The molecule has 0 unspecified atom stereocenters. The summed E-state index contributed by atoms with van der Waals surface area (Å²) in [5.41, 5.74) is 1.75. The standard InChI is InChI=1S/C16H16BrNO2/c1-2-20-15-8-6-14(7-9-15)18-16(19)11-12-4-3-5-13(17)10-12/h3-10H,2,11H2,1H3,(H,18,19). The first-order valence-electron chi connectivity index (χ1n) is 6.44. The second kappa shape index (κ2) is 7.10. The quantitative estimate of drug-likeness (QED) is 0.897. The van der Waals surface area contributed by atoms with E-state index in [0.29, 0.717) is 13.0 Å². The van der Waals surface area contributed by atoms with Gasteiger partial charge in [-0.05, 0) is 48.9 Å². The fourth-order valence-corrected chi connectivity index (χ4v) is 2.29. The summed E-state index contributed by atoms with van der Waals surface area (Å²) in [6, 6.07) is 15.1. The van der Waals surface area contributed by atoms with Gasteiger partial charge in [-0.25, -0.2) is 0 Å². The molecule has 0 heterocycles. The van der Waals surface area contributed by atoms with Gasteiger partial charge < -0.3 is 10.1 Å². The number of ether oxygens (including phenoxy) is 1. The molecule has 0 aliphatic heterocycles. The summed E-state index contributed by atoms with van der Waals surface area (Å²) in [7, 11) is 0. The molecule has 0 saturated heterocycles. The Labute approximate surface area is 127 Å². The zero-order chi connectivity index (χ0) is 14.4. The van der Waals surface area contributed by atoms with E-state index < -0.39 is 0 Å². The van der Waals surface area contributed by atoms with Crippen molar-refractivity contribution in [2.75, 3.05) is 11.9 Å². The van der Waals surface area contributed by atoms with E-state index in [1.165, 1.54) is 0 Å². The van der Waals surface area contributed by atoms with Gasteiger partial charge in [-0.15, -0.1) is 0 Å². The number of hydrogen-bond donors (Lipinski definition) is 1. The van der Waals surface area contributed by atoms with E-state index in [1.807, 2.05) is 55.5 Å². The normalized spacial score (nSPS) is 10.1. The highest BCUT2D eigenvalue weighted by molar-refractivity contribution is 9.10. The van der Waals surface area contributed by atoms with Crippen LogP contribution in [-0.4, -0.2) is 12.5 Å². The molecule has 0 aliphatic carbocycles. The molecule has 0 aromatic heterocycles. The molecule has 4 heteroatoms. The molecule has 0 aliphatic rings.